The molecule has 0 bridgehead atoms. The summed E-state index contributed by atoms with van der Waals surface area (Å²) in [6.07, 6.45) is 1.84. The van der Waals surface area contributed by atoms with Crippen molar-refractivity contribution in [3.8, 4) is 11.5 Å². The molecule has 0 saturated heterocycles. The Labute approximate surface area is 134 Å². The second-order valence-electron chi connectivity index (χ2n) is 4.48. The standard InChI is InChI=1S/C13H11BrClN5O/c1-8(14)11-6-20(19-17-11)7-12-16-13(21-18-12)9-2-4-10(15)5-3-9/h2-6,8H,7H2,1H3. The zero-order valence-corrected chi connectivity index (χ0v) is 13.4. The summed E-state index contributed by atoms with van der Waals surface area (Å²) in [7, 11) is 0. The summed E-state index contributed by atoms with van der Waals surface area (Å²) in [5.41, 5.74) is 1.68. The number of benzene rings is 1. The summed E-state index contributed by atoms with van der Waals surface area (Å²) in [4.78, 5) is 4.49. The molecule has 0 fully saturated rings. The Hall–Kier alpha value is -1.73. The van der Waals surface area contributed by atoms with Gasteiger partial charge in [0.15, 0.2) is 5.82 Å². The summed E-state index contributed by atoms with van der Waals surface area (Å²) in [5, 5.41) is 12.7. The van der Waals surface area contributed by atoms with Gasteiger partial charge >= 0.3 is 0 Å². The van der Waals surface area contributed by atoms with Crippen LogP contribution in [0, 0.1) is 0 Å². The Bertz CT molecular complexity index is 737. The molecular formula is C13H11BrClN5O. The monoisotopic (exact) mass is 367 g/mol. The van der Waals surface area contributed by atoms with Gasteiger partial charge in [-0.2, -0.15) is 4.98 Å². The third-order valence-electron chi connectivity index (χ3n) is 2.83. The Morgan fingerprint density at radius 1 is 1.33 bits per heavy atom. The summed E-state index contributed by atoms with van der Waals surface area (Å²) < 4.78 is 6.91. The molecule has 0 saturated carbocycles. The van der Waals surface area contributed by atoms with Crippen LogP contribution >= 0.6 is 27.5 Å². The molecule has 6 nitrogen and oxygen atoms in total. The van der Waals surface area contributed by atoms with Crippen molar-refractivity contribution in [1.29, 1.82) is 0 Å². The van der Waals surface area contributed by atoms with Crippen LogP contribution in [-0.4, -0.2) is 25.1 Å². The van der Waals surface area contributed by atoms with Crippen LogP contribution in [0.3, 0.4) is 0 Å². The van der Waals surface area contributed by atoms with E-state index in [2.05, 4.69) is 36.4 Å². The van der Waals surface area contributed by atoms with Crippen molar-refractivity contribution in [1.82, 2.24) is 25.1 Å². The lowest BCUT2D eigenvalue weighted by Gasteiger charge is -1.95. The van der Waals surface area contributed by atoms with Gasteiger partial charge in [0.1, 0.15) is 6.54 Å². The number of alkyl halides is 1. The van der Waals surface area contributed by atoms with Gasteiger partial charge in [0.05, 0.1) is 16.7 Å². The van der Waals surface area contributed by atoms with E-state index in [-0.39, 0.29) is 4.83 Å². The quantitative estimate of drug-likeness (QED) is 0.659. The van der Waals surface area contributed by atoms with E-state index in [0.717, 1.165) is 11.3 Å². The molecule has 1 unspecified atom stereocenters. The van der Waals surface area contributed by atoms with Crippen molar-refractivity contribution in [2.24, 2.45) is 0 Å². The average Bonchev–Trinajstić information content (AvgIpc) is 3.10. The lowest BCUT2D eigenvalue weighted by Crippen LogP contribution is -2.02. The van der Waals surface area contributed by atoms with Crippen molar-refractivity contribution in [2.45, 2.75) is 18.3 Å². The molecule has 3 aromatic rings. The molecule has 21 heavy (non-hydrogen) atoms. The van der Waals surface area contributed by atoms with Gasteiger partial charge < -0.3 is 4.52 Å². The molecule has 2 aromatic heterocycles. The van der Waals surface area contributed by atoms with E-state index in [0.29, 0.717) is 23.3 Å². The van der Waals surface area contributed by atoms with Crippen molar-refractivity contribution in [3.05, 3.63) is 47.0 Å². The molecule has 0 aliphatic rings. The van der Waals surface area contributed by atoms with Crippen LogP contribution in [0.25, 0.3) is 11.5 Å². The van der Waals surface area contributed by atoms with Gasteiger partial charge in [-0.3, -0.25) is 0 Å². The van der Waals surface area contributed by atoms with Crippen molar-refractivity contribution < 1.29 is 4.52 Å². The molecule has 0 N–H and O–H groups in total. The summed E-state index contributed by atoms with van der Waals surface area (Å²) in [6.45, 7) is 2.39. The molecule has 0 amide bonds. The second-order valence-corrected chi connectivity index (χ2v) is 6.29. The Kier molecular flexibility index (Phi) is 4.03. The highest BCUT2D eigenvalue weighted by molar-refractivity contribution is 9.09. The van der Waals surface area contributed by atoms with Crippen LogP contribution in [0.4, 0.5) is 0 Å². The normalized spacial score (nSPS) is 12.5. The number of hydrogen-bond donors (Lipinski definition) is 0. The maximum absolute atomic E-state index is 5.85. The topological polar surface area (TPSA) is 69.6 Å². The first-order chi connectivity index (χ1) is 10.1. The van der Waals surface area contributed by atoms with E-state index in [4.69, 9.17) is 16.1 Å². The van der Waals surface area contributed by atoms with Crippen LogP contribution < -0.4 is 0 Å². The zero-order chi connectivity index (χ0) is 14.8. The van der Waals surface area contributed by atoms with Crippen molar-refractivity contribution in [2.75, 3.05) is 0 Å². The highest BCUT2D eigenvalue weighted by Crippen LogP contribution is 2.20. The van der Waals surface area contributed by atoms with E-state index in [1.807, 2.05) is 25.3 Å². The lowest BCUT2D eigenvalue weighted by atomic mass is 10.2. The van der Waals surface area contributed by atoms with Crippen LogP contribution in [0.2, 0.25) is 5.02 Å². The van der Waals surface area contributed by atoms with Crippen LogP contribution in [0.1, 0.15) is 23.3 Å². The van der Waals surface area contributed by atoms with Gasteiger partial charge in [0.25, 0.3) is 5.89 Å². The van der Waals surface area contributed by atoms with Crippen molar-refractivity contribution in [3.63, 3.8) is 0 Å². The Morgan fingerprint density at radius 2 is 2.10 bits per heavy atom. The highest BCUT2D eigenvalue weighted by atomic mass is 79.9. The molecule has 0 radical (unpaired) electrons. The molecule has 8 heteroatoms. The van der Waals surface area contributed by atoms with E-state index in [1.165, 1.54) is 0 Å². The molecule has 2 heterocycles. The van der Waals surface area contributed by atoms with E-state index in [1.54, 1.807) is 16.8 Å². The summed E-state index contributed by atoms with van der Waals surface area (Å²) in [5.74, 6) is 0.995. The van der Waals surface area contributed by atoms with Gasteiger partial charge in [-0.1, -0.05) is 37.9 Å². The first kappa shape index (κ1) is 14.2. The molecule has 1 atom stereocenters. The van der Waals surface area contributed by atoms with Gasteiger partial charge in [-0.05, 0) is 31.2 Å². The third-order valence-corrected chi connectivity index (χ3v) is 3.55. The fourth-order valence-corrected chi connectivity index (χ4v) is 2.08. The molecule has 0 aliphatic carbocycles. The third kappa shape index (κ3) is 3.30. The molecule has 0 spiro atoms. The fraction of sp³-hybridized carbons (Fsp3) is 0.231. The maximum Gasteiger partial charge on any atom is 0.257 e. The van der Waals surface area contributed by atoms with Crippen LogP contribution in [0.15, 0.2) is 35.0 Å². The SMILES string of the molecule is CC(Br)c1cn(Cc2noc(-c3ccc(Cl)cc3)n2)nn1. The predicted molar refractivity (Wildman–Crippen MR) is 81.2 cm³/mol. The van der Waals surface area contributed by atoms with Crippen LogP contribution in [-0.2, 0) is 6.54 Å². The summed E-state index contributed by atoms with van der Waals surface area (Å²) in [6, 6.07) is 7.23. The number of hydrogen-bond acceptors (Lipinski definition) is 5. The molecule has 1 aromatic carbocycles. The maximum atomic E-state index is 5.85. The molecule has 3 rings (SSSR count). The first-order valence-corrected chi connectivity index (χ1v) is 7.54. The van der Waals surface area contributed by atoms with Gasteiger partial charge in [-0.15, -0.1) is 5.10 Å². The zero-order valence-electron chi connectivity index (χ0n) is 11.1. The minimum atomic E-state index is 0.154. The Morgan fingerprint density at radius 3 is 2.76 bits per heavy atom. The van der Waals surface area contributed by atoms with Gasteiger partial charge in [-0.25, -0.2) is 4.68 Å². The molecular weight excluding hydrogens is 358 g/mol. The number of nitrogens with zero attached hydrogens (tertiary/aromatic N) is 5. The number of halogens is 2. The largest absolute Gasteiger partial charge is 0.334 e. The van der Waals surface area contributed by atoms with E-state index < -0.39 is 0 Å². The predicted octanol–water partition coefficient (Wildman–Crippen LogP) is 3.49. The van der Waals surface area contributed by atoms with E-state index in [9.17, 15) is 0 Å². The first-order valence-electron chi connectivity index (χ1n) is 6.24. The van der Waals surface area contributed by atoms with Gasteiger partial charge in [0, 0.05) is 10.6 Å². The lowest BCUT2D eigenvalue weighted by molar-refractivity contribution is 0.418. The minimum Gasteiger partial charge on any atom is -0.334 e. The summed E-state index contributed by atoms with van der Waals surface area (Å²) >= 11 is 9.30. The second kappa shape index (κ2) is 5.95. The number of aromatic nitrogens is 5. The van der Waals surface area contributed by atoms with Gasteiger partial charge in [0.2, 0.25) is 0 Å². The Balaban J connectivity index is 1.76. The van der Waals surface area contributed by atoms with Crippen LogP contribution in [0.5, 0.6) is 0 Å². The number of rotatable bonds is 4. The minimum absolute atomic E-state index is 0.154. The van der Waals surface area contributed by atoms with Crippen molar-refractivity contribution >= 4 is 27.5 Å². The highest BCUT2D eigenvalue weighted by Gasteiger charge is 2.11. The van der Waals surface area contributed by atoms with E-state index >= 15 is 0 Å². The molecule has 0 aliphatic heterocycles. The average molecular weight is 369 g/mol. The smallest absolute Gasteiger partial charge is 0.257 e. The molecule has 108 valence electrons. The fourth-order valence-electron chi connectivity index (χ4n) is 1.75.